The van der Waals surface area contributed by atoms with E-state index in [2.05, 4.69) is 25.7 Å². The SMILES string of the molecule is CC(C)(C)N1C[C@H]2C[C@H](C1)C2N. The van der Waals surface area contributed by atoms with Gasteiger partial charge in [-0.2, -0.15) is 0 Å². The van der Waals surface area contributed by atoms with Gasteiger partial charge in [0.1, 0.15) is 0 Å². The predicted molar refractivity (Wildman–Crippen MR) is 50.9 cm³/mol. The van der Waals surface area contributed by atoms with E-state index in [1.54, 1.807) is 0 Å². The van der Waals surface area contributed by atoms with Crippen LogP contribution in [-0.2, 0) is 0 Å². The number of hydrogen-bond donors (Lipinski definition) is 1. The molecule has 3 rings (SSSR count). The van der Waals surface area contributed by atoms with E-state index in [4.69, 9.17) is 5.73 Å². The summed E-state index contributed by atoms with van der Waals surface area (Å²) >= 11 is 0. The maximum atomic E-state index is 6.01. The van der Waals surface area contributed by atoms with Gasteiger partial charge in [0.05, 0.1) is 0 Å². The lowest BCUT2D eigenvalue weighted by Crippen LogP contribution is -2.65. The van der Waals surface area contributed by atoms with Gasteiger partial charge in [-0.3, -0.25) is 4.90 Å². The Kier molecular flexibility index (Phi) is 1.74. The van der Waals surface area contributed by atoms with Crippen LogP contribution in [-0.4, -0.2) is 29.6 Å². The van der Waals surface area contributed by atoms with E-state index in [0.29, 0.717) is 11.6 Å². The van der Waals surface area contributed by atoms with Crippen molar-refractivity contribution in [1.29, 1.82) is 0 Å². The van der Waals surface area contributed by atoms with E-state index in [9.17, 15) is 0 Å². The molecule has 2 heterocycles. The summed E-state index contributed by atoms with van der Waals surface area (Å²) in [5, 5.41) is 0. The maximum absolute atomic E-state index is 6.01. The average Bonchev–Trinajstić information content (AvgIpc) is 2.02. The molecule has 0 radical (unpaired) electrons. The Morgan fingerprint density at radius 3 is 2.00 bits per heavy atom. The summed E-state index contributed by atoms with van der Waals surface area (Å²) in [5.74, 6) is 1.59. The number of nitrogens with zero attached hydrogens (tertiary/aromatic N) is 1. The van der Waals surface area contributed by atoms with Crippen molar-refractivity contribution in [3.05, 3.63) is 0 Å². The zero-order valence-electron chi connectivity index (χ0n) is 8.38. The fourth-order valence-corrected chi connectivity index (χ4v) is 2.47. The molecule has 3 aliphatic rings. The zero-order chi connectivity index (χ0) is 8.93. The molecule has 0 unspecified atom stereocenters. The lowest BCUT2D eigenvalue weighted by atomic mass is 9.66. The third kappa shape index (κ3) is 1.17. The quantitative estimate of drug-likeness (QED) is 0.586. The van der Waals surface area contributed by atoms with Gasteiger partial charge in [-0.05, 0) is 39.0 Å². The highest BCUT2D eigenvalue weighted by atomic mass is 15.2. The summed E-state index contributed by atoms with van der Waals surface area (Å²) < 4.78 is 0. The van der Waals surface area contributed by atoms with Crippen molar-refractivity contribution in [3.8, 4) is 0 Å². The van der Waals surface area contributed by atoms with E-state index < -0.39 is 0 Å². The molecule has 2 atom stereocenters. The number of rotatable bonds is 0. The molecule has 0 aromatic carbocycles. The van der Waals surface area contributed by atoms with Crippen molar-refractivity contribution in [3.63, 3.8) is 0 Å². The number of piperidine rings is 2. The Hall–Kier alpha value is -0.0800. The van der Waals surface area contributed by atoms with Gasteiger partial charge in [0.15, 0.2) is 0 Å². The van der Waals surface area contributed by atoms with Gasteiger partial charge in [-0.25, -0.2) is 0 Å². The highest BCUT2D eigenvalue weighted by Crippen LogP contribution is 2.40. The summed E-state index contributed by atoms with van der Waals surface area (Å²) in [4.78, 5) is 2.58. The van der Waals surface area contributed by atoms with E-state index >= 15 is 0 Å². The molecule has 0 amide bonds. The van der Waals surface area contributed by atoms with Crippen LogP contribution in [0.3, 0.4) is 0 Å². The average molecular weight is 168 g/mol. The predicted octanol–water partition coefficient (Wildman–Crippen LogP) is 1.06. The summed E-state index contributed by atoms with van der Waals surface area (Å²) in [6, 6.07) is 0.517. The molecule has 2 aliphatic heterocycles. The first-order valence-electron chi connectivity index (χ1n) is 4.99. The van der Waals surface area contributed by atoms with Crippen molar-refractivity contribution in [1.82, 2.24) is 4.90 Å². The molecule has 2 nitrogen and oxygen atoms in total. The lowest BCUT2D eigenvalue weighted by Gasteiger charge is -2.55. The van der Waals surface area contributed by atoms with Gasteiger partial charge in [-0.15, -0.1) is 0 Å². The fourth-order valence-electron chi connectivity index (χ4n) is 2.47. The molecule has 1 aliphatic carbocycles. The Bertz CT molecular complexity index is 171. The van der Waals surface area contributed by atoms with Gasteiger partial charge in [0.25, 0.3) is 0 Å². The standard InChI is InChI=1S/C10H20N2/c1-10(2,3)12-5-7-4-8(6-12)9(7)11/h7-9H,4-6,11H2,1-3H3/t7-,8-/m1/s1. The normalized spacial score (nSPS) is 42.5. The van der Waals surface area contributed by atoms with Gasteiger partial charge < -0.3 is 5.73 Å². The van der Waals surface area contributed by atoms with Gasteiger partial charge in [0, 0.05) is 24.7 Å². The first kappa shape index (κ1) is 8.52. The van der Waals surface area contributed by atoms with Crippen LogP contribution in [0.4, 0.5) is 0 Å². The minimum absolute atomic E-state index is 0.344. The molecule has 1 saturated carbocycles. The first-order chi connectivity index (χ1) is 5.48. The smallest absolute Gasteiger partial charge is 0.0125 e. The van der Waals surface area contributed by atoms with Crippen molar-refractivity contribution >= 4 is 0 Å². The van der Waals surface area contributed by atoms with Crippen LogP contribution in [0.5, 0.6) is 0 Å². The molecular formula is C10H20N2. The molecule has 12 heavy (non-hydrogen) atoms. The number of nitrogens with two attached hydrogens (primary N) is 1. The van der Waals surface area contributed by atoms with Crippen LogP contribution in [0.2, 0.25) is 0 Å². The summed E-state index contributed by atoms with van der Waals surface area (Å²) in [6.07, 6.45) is 1.38. The van der Waals surface area contributed by atoms with Crippen LogP contribution in [0.1, 0.15) is 27.2 Å². The van der Waals surface area contributed by atoms with Gasteiger partial charge in [-0.1, -0.05) is 0 Å². The highest BCUT2D eigenvalue weighted by Gasteiger charge is 2.46. The van der Waals surface area contributed by atoms with E-state index in [1.807, 2.05) is 0 Å². The van der Waals surface area contributed by atoms with Crippen molar-refractivity contribution < 1.29 is 0 Å². The second-order valence-electron chi connectivity index (χ2n) is 5.41. The first-order valence-corrected chi connectivity index (χ1v) is 4.99. The Balaban J connectivity index is 1.99. The Morgan fingerprint density at radius 1 is 1.17 bits per heavy atom. The second kappa shape index (κ2) is 2.46. The van der Waals surface area contributed by atoms with Crippen LogP contribution in [0.15, 0.2) is 0 Å². The minimum atomic E-state index is 0.344. The molecule has 0 spiro atoms. The third-order valence-electron chi connectivity index (χ3n) is 3.55. The third-order valence-corrected chi connectivity index (χ3v) is 3.55. The zero-order valence-corrected chi connectivity index (χ0v) is 8.38. The molecule has 2 saturated heterocycles. The van der Waals surface area contributed by atoms with Crippen molar-refractivity contribution in [2.75, 3.05) is 13.1 Å². The van der Waals surface area contributed by atoms with Crippen LogP contribution in [0, 0.1) is 11.8 Å². The molecule has 3 fully saturated rings. The minimum Gasteiger partial charge on any atom is -0.327 e. The van der Waals surface area contributed by atoms with E-state index in [1.165, 1.54) is 19.5 Å². The fraction of sp³-hybridized carbons (Fsp3) is 1.00. The van der Waals surface area contributed by atoms with Crippen molar-refractivity contribution in [2.24, 2.45) is 17.6 Å². The Morgan fingerprint density at radius 2 is 1.67 bits per heavy atom. The largest absolute Gasteiger partial charge is 0.327 e. The number of hydrogen-bond acceptors (Lipinski definition) is 2. The molecular weight excluding hydrogens is 148 g/mol. The highest BCUT2D eigenvalue weighted by molar-refractivity contribution is 5.02. The van der Waals surface area contributed by atoms with Crippen LogP contribution < -0.4 is 5.73 Å². The Labute approximate surface area is 75.1 Å². The lowest BCUT2D eigenvalue weighted by molar-refractivity contribution is -0.0404. The summed E-state index contributed by atoms with van der Waals surface area (Å²) in [7, 11) is 0. The molecule has 2 heteroatoms. The second-order valence-corrected chi connectivity index (χ2v) is 5.41. The topological polar surface area (TPSA) is 29.3 Å². The van der Waals surface area contributed by atoms with Gasteiger partial charge in [0.2, 0.25) is 0 Å². The van der Waals surface area contributed by atoms with Crippen LogP contribution in [0.25, 0.3) is 0 Å². The monoisotopic (exact) mass is 168 g/mol. The molecule has 0 aromatic rings. The van der Waals surface area contributed by atoms with E-state index in [0.717, 1.165) is 11.8 Å². The molecule has 2 bridgehead atoms. The van der Waals surface area contributed by atoms with Gasteiger partial charge >= 0.3 is 0 Å². The number of fused-ring (bicyclic) bond motifs is 2. The van der Waals surface area contributed by atoms with Crippen molar-refractivity contribution in [2.45, 2.75) is 38.8 Å². The maximum Gasteiger partial charge on any atom is 0.0125 e. The summed E-state index contributed by atoms with van der Waals surface area (Å²) in [5.41, 5.74) is 6.35. The van der Waals surface area contributed by atoms with E-state index in [-0.39, 0.29) is 0 Å². The summed E-state index contributed by atoms with van der Waals surface area (Å²) in [6.45, 7) is 9.33. The van der Waals surface area contributed by atoms with Crippen LogP contribution >= 0.6 is 0 Å². The molecule has 0 aromatic heterocycles. The molecule has 70 valence electrons. The molecule has 2 N–H and O–H groups in total.